The maximum absolute atomic E-state index is 14.4. The maximum atomic E-state index is 14.4. The second-order valence-corrected chi connectivity index (χ2v) is 7.25. The Labute approximate surface area is 168 Å². The van der Waals surface area contributed by atoms with Crippen LogP contribution in [0.1, 0.15) is 17.5 Å². The molecule has 2 heterocycles. The lowest BCUT2D eigenvalue weighted by Gasteiger charge is -2.20. The molecule has 3 aromatic rings. The van der Waals surface area contributed by atoms with Gasteiger partial charge in [-0.2, -0.15) is 0 Å². The third-order valence-electron chi connectivity index (χ3n) is 5.36. The minimum absolute atomic E-state index is 0.0829. The smallest absolute Gasteiger partial charge is 0.229 e. The molecule has 2 aromatic carbocycles. The monoisotopic (exact) mass is 392 g/mol. The van der Waals surface area contributed by atoms with Crippen LogP contribution in [0.25, 0.3) is 5.69 Å². The number of rotatable bonds is 4. The van der Waals surface area contributed by atoms with Crippen molar-refractivity contribution in [2.45, 2.75) is 20.3 Å². The fourth-order valence-corrected chi connectivity index (χ4v) is 3.58. The lowest BCUT2D eigenvalue weighted by Crippen LogP contribution is -2.28. The van der Waals surface area contributed by atoms with Gasteiger partial charge in [-0.25, -0.2) is 9.37 Å². The van der Waals surface area contributed by atoms with Gasteiger partial charge in [0.25, 0.3) is 0 Å². The number of nitrogens with zero attached hydrogens (tertiary/aromatic N) is 3. The summed E-state index contributed by atoms with van der Waals surface area (Å²) in [5.41, 5.74) is 3.66. The highest BCUT2D eigenvalue weighted by molar-refractivity contribution is 6.04. The van der Waals surface area contributed by atoms with E-state index in [1.54, 1.807) is 34.0 Å². The van der Waals surface area contributed by atoms with Gasteiger partial charge in [-0.05, 0) is 49.2 Å². The van der Waals surface area contributed by atoms with Crippen LogP contribution in [0.5, 0.6) is 0 Å². The predicted octanol–water partition coefficient (Wildman–Crippen LogP) is 3.62. The minimum atomic E-state index is -0.487. The number of benzene rings is 2. The fraction of sp³-hybridized carbons (Fsp3) is 0.227. The van der Waals surface area contributed by atoms with Crippen molar-refractivity contribution in [3.05, 3.63) is 72.1 Å². The van der Waals surface area contributed by atoms with E-state index >= 15 is 0 Å². The van der Waals surface area contributed by atoms with Crippen molar-refractivity contribution in [3.8, 4) is 5.69 Å². The van der Waals surface area contributed by atoms with E-state index in [0.717, 1.165) is 16.8 Å². The number of carbonyl (C=O) groups is 2. The predicted molar refractivity (Wildman–Crippen MR) is 109 cm³/mol. The summed E-state index contributed by atoms with van der Waals surface area (Å²) >= 11 is 0. The van der Waals surface area contributed by atoms with Crippen molar-refractivity contribution in [2.75, 3.05) is 16.8 Å². The van der Waals surface area contributed by atoms with E-state index in [9.17, 15) is 14.0 Å². The van der Waals surface area contributed by atoms with Crippen molar-refractivity contribution in [3.63, 3.8) is 0 Å². The summed E-state index contributed by atoms with van der Waals surface area (Å²) in [4.78, 5) is 30.8. The highest BCUT2D eigenvalue weighted by Gasteiger charge is 2.35. The Bertz CT molecular complexity index is 1080. The molecule has 0 spiro atoms. The Morgan fingerprint density at radius 3 is 2.76 bits per heavy atom. The Balaban J connectivity index is 1.47. The first-order chi connectivity index (χ1) is 13.9. The Morgan fingerprint density at radius 2 is 2.03 bits per heavy atom. The number of carbonyl (C=O) groups excluding carboxylic acids is 2. The summed E-state index contributed by atoms with van der Waals surface area (Å²) in [5, 5.41) is 2.73. The lowest BCUT2D eigenvalue weighted by atomic mass is 10.1. The quantitative estimate of drug-likeness (QED) is 0.737. The largest absolute Gasteiger partial charge is 0.326 e. The lowest BCUT2D eigenvalue weighted by molar-refractivity contribution is -0.122. The summed E-state index contributed by atoms with van der Waals surface area (Å²) < 4.78 is 16.0. The van der Waals surface area contributed by atoms with Gasteiger partial charge in [0.05, 0.1) is 17.9 Å². The van der Waals surface area contributed by atoms with E-state index in [1.807, 2.05) is 32.0 Å². The second-order valence-electron chi connectivity index (χ2n) is 7.25. The summed E-state index contributed by atoms with van der Waals surface area (Å²) in [6.45, 7) is 4.27. The first-order valence-corrected chi connectivity index (χ1v) is 9.39. The first kappa shape index (κ1) is 18.9. The molecule has 4 rings (SSSR count). The molecule has 1 aromatic heterocycles. The SMILES string of the molecule is Cc1cccc(N2CC(C(=O)Nc3ccc(-n4ccnc4)c(F)c3)CC2=O)c1C. The number of hydrogen-bond acceptors (Lipinski definition) is 3. The van der Waals surface area contributed by atoms with Crippen molar-refractivity contribution in [1.29, 1.82) is 0 Å². The molecule has 0 aliphatic carbocycles. The molecule has 1 atom stereocenters. The third-order valence-corrected chi connectivity index (χ3v) is 5.36. The van der Waals surface area contributed by atoms with E-state index in [4.69, 9.17) is 0 Å². The molecule has 2 amide bonds. The summed E-state index contributed by atoms with van der Waals surface area (Å²) in [6.07, 6.45) is 4.84. The zero-order chi connectivity index (χ0) is 20.5. The van der Waals surface area contributed by atoms with Gasteiger partial charge in [-0.3, -0.25) is 9.59 Å². The van der Waals surface area contributed by atoms with Crippen LogP contribution >= 0.6 is 0 Å². The molecular formula is C22H21FN4O2. The van der Waals surface area contributed by atoms with E-state index in [1.165, 1.54) is 12.4 Å². The van der Waals surface area contributed by atoms with Crippen LogP contribution in [0.2, 0.25) is 0 Å². The molecule has 1 unspecified atom stereocenters. The van der Waals surface area contributed by atoms with Crippen LogP contribution in [0.3, 0.4) is 0 Å². The molecule has 0 radical (unpaired) electrons. The fourth-order valence-electron chi connectivity index (χ4n) is 3.58. The van der Waals surface area contributed by atoms with E-state index in [-0.39, 0.29) is 18.2 Å². The molecule has 0 bridgehead atoms. The van der Waals surface area contributed by atoms with E-state index < -0.39 is 11.7 Å². The van der Waals surface area contributed by atoms with E-state index in [0.29, 0.717) is 17.9 Å². The van der Waals surface area contributed by atoms with Crippen LogP contribution in [-0.2, 0) is 9.59 Å². The van der Waals surface area contributed by atoms with Crippen molar-refractivity contribution in [1.82, 2.24) is 9.55 Å². The van der Waals surface area contributed by atoms with Gasteiger partial charge < -0.3 is 14.8 Å². The molecule has 1 fully saturated rings. The van der Waals surface area contributed by atoms with Gasteiger partial charge in [0.15, 0.2) is 0 Å². The number of halogens is 1. The van der Waals surface area contributed by atoms with Gasteiger partial charge in [0, 0.05) is 36.7 Å². The third kappa shape index (κ3) is 3.63. The first-order valence-electron chi connectivity index (χ1n) is 9.39. The van der Waals surface area contributed by atoms with Gasteiger partial charge in [0.2, 0.25) is 11.8 Å². The molecular weight excluding hydrogens is 371 g/mol. The van der Waals surface area contributed by atoms with Crippen LogP contribution in [0.4, 0.5) is 15.8 Å². The molecule has 29 heavy (non-hydrogen) atoms. The Morgan fingerprint density at radius 1 is 1.21 bits per heavy atom. The van der Waals surface area contributed by atoms with Crippen LogP contribution < -0.4 is 10.2 Å². The standard InChI is InChI=1S/C22H21FN4O2/c1-14-4-3-5-19(15(14)2)27-12-16(10-21(27)28)22(29)25-17-6-7-20(18(23)11-17)26-9-8-24-13-26/h3-9,11,13,16H,10,12H2,1-2H3,(H,25,29). The molecule has 1 aliphatic heterocycles. The van der Waals surface area contributed by atoms with Crippen molar-refractivity contribution >= 4 is 23.2 Å². The molecule has 1 aliphatic rings. The average molecular weight is 392 g/mol. The highest BCUT2D eigenvalue weighted by atomic mass is 19.1. The van der Waals surface area contributed by atoms with Gasteiger partial charge >= 0.3 is 0 Å². The molecule has 148 valence electrons. The summed E-state index contributed by atoms with van der Waals surface area (Å²) in [6, 6.07) is 10.3. The number of amides is 2. The summed E-state index contributed by atoms with van der Waals surface area (Å²) in [7, 11) is 0. The van der Waals surface area contributed by atoms with Crippen LogP contribution in [-0.4, -0.2) is 27.9 Å². The van der Waals surface area contributed by atoms with Crippen LogP contribution in [0.15, 0.2) is 55.1 Å². The minimum Gasteiger partial charge on any atom is -0.326 e. The highest BCUT2D eigenvalue weighted by Crippen LogP contribution is 2.30. The van der Waals surface area contributed by atoms with Crippen molar-refractivity contribution in [2.24, 2.45) is 5.92 Å². The number of imidazole rings is 1. The number of anilines is 2. The molecule has 7 heteroatoms. The second kappa shape index (κ2) is 7.50. The normalized spacial score (nSPS) is 16.3. The zero-order valence-electron chi connectivity index (χ0n) is 16.2. The molecule has 1 saturated heterocycles. The molecule has 0 saturated carbocycles. The maximum Gasteiger partial charge on any atom is 0.229 e. The number of aryl methyl sites for hydroxylation is 1. The Hall–Kier alpha value is -3.48. The van der Waals surface area contributed by atoms with Gasteiger partial charge in [0.1, 0.15) is 5.82 Å². The van der Waals surface area contributed by atoms with Crippen LogP contribution in [0, 0.1) is 25.6 Å². The van der Waals surface area contributed by atoms with Crippen molar-refractivity contribution < 1.29 is 14.0 Å². The number of nitrogens with one attached hydrogen (secondary N) is 1. The zero-order valence-corrected chi connectivity index (χ0v) is 16.2. The van der Waals surface area contributed by atoms with E-state index in [2.05, 4.69) is 10.3 Å². The molecule has 1 N–H and O–H groups in total. The number of hydrogen-bond donors (Lipinski definition) is 1. The van der Waals surface area contributed by atoms with Gasteiger partial charge in [-0.15, -0.1) is 0 Å². The Kier molecular flexibility index (Phi) is 4.88. The topological polar surface area (TPSA) is 67.2 Å². The number of aromatic nitrogens is 2. The average Bonchev–Trinajstić information content (AvgIpc) is 3.34. The summed E-state index contributed by atoms with van der Waals surface area (Å²) in [5.74, 6) is -1.33. The molecule has 6 nitrogen and oxygen atoms in total. The van der Waals surface area contributed by atoms with Gasteiger partial charge in [-0.1, -0.05) is 12.1 Å².